The average Bonchev–Trinajstić information content (AvgIpc) is 3.50. The molecule has 7 rings (SSSR count). The standard InChI is InChI=1S/C32H16F6N2/c33-31(34,35)25-11-5-3-9-21(25)29-28-20-14-13-19-18-8-2-1-7-17(18)15-23(19)24(20)16-27(28)39-40-30(29)22-10-4-6-12-26(22)32(36,37)38/h1-16H. The minimum absolute atomic E-state index is 0.0416. The second-order valence-electron chi connectivity index (χ2n) is 9.63. The highest BCUT2D eigenvalue weighted by atomic mass is 19.4. The largest absolute Gasteiger partial charge is 0.417 e. The molecule has 2 aliphatic carbocycles. The summed E-state index contributed by atoms with van der Waals surface area (Å²) in [5.74, 6) is 0. The van der Waals surface area contributed by atoms with Gasteiger partial charge in [-0.3, -0.25) is 0 Å². The van der Waals surface area contributed by atoms with E-state index in [4.69, 9.17) is 0 Å². The minimum Gasteiger partial charge on any atom is -0.166 e. The van der Waals surface area contributed by atoms with Gasteiger partial charge in [-0.1, -0.05) is 72.8 Å². The SMILES string of the molecule is FC(F)(F)c1ccccc1-c1nnc2c(c1-c1ccccc1C(F)(F)F)-c1ccc3c(c1=C2)=Cc1ccccc1-3. The number of aromatic nitrogens is 2. The number of alkyl halides is 6. The van der Waals surface area contributed by atoms with Gasteiger partial charge in [0.25, 0.3) is 0 Å². The zero-order valence-electron chi connectivity index (χ0n) is 20.4. The summed E-state index contributed by atoms with van der Waals surface area (Å²) in [6.07, 6.45) is -5.77. The molecule has 0 saturated heterocycles. The van der Waals surface area contributed by atoms with Gasteiger partial charge in [0, 0.05) is 16.7 Å². The zero-order chi connectivity index (χ0) is 27.8. The number of hydrogen-bond donors (Lipinski definition) is 0. The Morgan fingerprint density at radius 3 is 1.70 bits per heavy atom. The van der Waals surface area contributed by atoms with Crippen molar-refractivity contribution in [1.82, 2.24) is 10.2 Å². The maximum atomic E-state index is 14.3. The first kappa shape index (κ1) is 24.3. The Bertz CT molecular complexity index is 1990. The maximum absolute atomic E-state index is 14.3. The molecule has 0 amide bonds. The van der Waals surface area contributed by atoms with E-state index in [1.54, 1.807) is 12.1 Å². The fourth-order valence-electron chi connectivity index (χ4n) is 5.72. The van der Waals surface area contributed by atoms with E-state index in [1.807, 2.05) is 36.4 Å². The average molecular weight is 542 g/mol. The van der Waals surface area contributed by atoms with Crippen LogP contribution in [0, 0.1) is 0 Å². The Morgan fingerprint density at radius 2 is 1.00 bits per heavy atom. The van der Waals surface area contributed by atoms with Crippen molar-refractivity contribution >= 4 is 12.2 Å². The smallest absolute Gasteiger partial charge is 0.166 e. The third-order valence-corrected chi connectivity index (χ3v) is 7.38. The van der Waals surface area contributed by atoms with Crippen molar-refractivity contribution in [2.75, 3.05) is 0 Å². The summed E-state index contributed by atoms with van der Waals surface area (Å²) >= 11 is 0. The molecule has 196 valence electrons. The van der Waals surface area contributed by atoms with Gasteiger partial charge in [0.1, 0.15) is 5.69 Å². The number of halogens is 6. The van der Waals surface area contributed by atoms with Gasteiger partial charge in [0.2, 0.25) is 0 Å². The second-order valence-corrected chi connectivity index (χ2v) is 9.63. The lowest BCUT2D eigenvalue weighted by atomic mass is 9.87. The molecule has 0 aliphatic heterocycles. The molecule has 4 aromatic carbocycles. The van der Waals surface area contributed by atoms with Gasteiger partial charge in [-0.2, -0.15) is 26.3 Å². The highest BCUT2D eigenvalue weighted by Gasteiger charge is 2.38. The summed E-state index contributed by atoms with van der Waals surface area (Å²) in [5.41, 5.74) is 1.32. The van der Waals surface area contributed by atoms with E-state index < -0.39 is 23.5 Å². The van der Waals surface area contributed by atoms with Crippen LogP contribution in [0.3, 0.4) is 0 Å². The monoisotopic (exact) mass is 542 g/mol. The number of hydrogen-bond acceptors (Lipinski definition) is 2. The van der Waals surface area contributed by atoms with E-state index in [9.17, 15) is 26.3 Å². The van der Waals surface area contributed by atoms with E-state index in [0.717, 1.165) is 39.3 Å². The topological polar surface area (TPSA) is 25.8 Å². The molecule has 0 atom stereocenters. The van der Waals surface area contributed by atoms with Crippen LogP contribution in [0.2, 0.25) is 0 Å². The normalized spacial score (nSPS) is 13.2. The summed E-state index contributed by atoms with van der Waals surface area (Å²) in [4.78, 5) is 0. The molecule has 0 bridgehead atoms. The summed E-state index contributed by atoms with van der Waals surface area (Å²) in [6, 6.07) is 21.1. The minimum atomic E-state index is -4.76. The summed E-state index contributed by atoms with van der Waals surface area (Å²) < 4.78 is 85.1. The third kappa shape index (κ3) is 3.59. The van der Waals surface area contributed by atoms with E-state index in [0.29, 0.717) is 16.8 Å². The van der Waals surface area contributed by atoms with Crippen LogP contribution < -0.4 is 10.4 Å². The Labute approximate surface area is 223 Å². The Hall–Kier alpha value is -4.72. The van der Waals surface area contributed by atoms with E-state index in [1.165, 1.54) is 36.4 Å². The van der Waals surface area contributed by atoms with Crippen molar-refractivity contribution in [2.45, 2.75) is 12.4 Å². The Kier molecular flexibility index (Phi) is 5.10. The van der Waals surface area contributed by atoms with Crippen LogP contribution in [0.25, 0.3) is 56.8 Å². The van der Waals surface area contributed by atoms with Gasteiger partial charge in [-0.25, -0.2) is 0 Å². The van der Waals surface area contributed by atoms with Crippen molar-refractivity contribution in [3.63, 3.8) is 0 Å². The predicted octanol–water partition coefficient (Wildman–Crippen LogP) is 7.47. The van der Waals surface area contributed by atoms with Crippen LogP contribution in [0.1, 0.15) is 22.4 Å². The first-order valence-corrected chi connectivity index (χ1v) is 12.3. The maximum Gasteiger partial charge on any atom is 0.417 e. The van der Waals surface area contributed by atoms with Crippen LogP contribution >= 0.6 is 0 Å². The lowest BCUT2D eigenvalue weighted by molar-refractivity contribution is -0.138. The molecule has 8 heteroatoms. The molecule has 5 aromatic rings. The van der Waals surface area contributed by atoms with Gasteiger partial charge in [0.05, 0.1) is 16.8 Å². The van der Waals surface area contributed by atoms with Gasteiger partial charge in [-0.05, 0) is 62.5 Å². The van der Waals surface area contributed by atoms with Crippen molar-refractivity contribution in [3.8, 4) is 44.6 Å². The fourth-order valence-corrected chi connectivity index (χ4v) is 5.72. The lowest BCUT2D eigenvalue weighted by Crippen LogP contribution is -2.25. The molecule has 0 radical (unpaired) electrons. The van der Waals surface area contributed by atoms with Crippen molar-refractivity contribution < 1.29 is 26.3 Å². The van der Waals surface area contributed by atoms with Crippen LogP contribution in [0.15, 0.2) is 84.9 Å². The molecule has 40 heavy (non-hydrogen) atoms. The Morgan fingerprint density at radius 1 is 0.450 bits per heavy atom. The molecule has 0 fully saturated rings. The van der Waals surface area contributed by atoms with Gasteiger partial charge < -0.3 is 0 Å². The number of benzene rings is 4. The molecule has 0 saturated carbocycles. The molecule has 2 aliphatic rings. The molecule has 1 aromatic heterocycles. The highest BCUT2D eigenvalue weighted by Crippen LogP contribution is 2.48. The fraction of sp³-hybridized carbons (Fsp3) is 0.0625. The van der Waals surface area contributed by atoms with E-state index in [2.05, 4.69) is 10.2 Å². The third-order valence-electron chi connectivity index (χ3n) is 7.38. The van der Waals surface area contributed by atoms with Crippen molar-refractivity contribution in [3.05, 3.63) is 118 Å². The van der Waals surface area contributed by atoms with Crippen molar-refractivity contribution in [1.29, 1.82) is 0 Å². The van der Waals surface area contributed by atoms with Gasteiger partial charge in [0.15, 0.2) is 0 Å². The molecular weight excluding hydrogens is 526 g/mol. The first-order chi connectivity index (χ1) is 19.1. The number of rotatable bonds is 2. The molecular formula is C32H16F6N2. The quantitative estimate of drug-likeness (QED) is 0.212. The molecule has 0 unspecified atom stereocenters. The summed E-state index contributed by atoms with van der Waals surface area (Å²) in [5, 5.41) is 10.0. The molecule has 1 heterocycles. The van der Waals surface area contributed by atoms with Crippen LogP contribution in [-0.2, 0) is 12.4 Å². The van der Waals surface area contributed by atoms with Crippen LogP contribution in [-0.4, -0.2) is 10.2 Å². The second kappa shape index (κ2) is 8.39. The van der Waals surface area contributed by atoms with E-state index in [-0.39, 0.29) is 22.4 Å². The predicted molar refractivity (Wildman–Crippen MR) is 140 cm³/mol. The molecule has 0 N–H and O–H groups in total. The number of fused-ring (bicyclic) bond motifs is 7. The van der Waals surface area contributed by atoms with E-state index >= 15 is 0 Å². The Balaban J connectivity index is 1.59. The van der Waals surface area contributed by atoms with Gasteiger partial charge in [-0.15, -0.1) is 10.2 Å². The zero-order valence-corrected chi connectivity index (χ0v) is 20.4. The molecule has 0 spiro atoms. The number of nitrogens with zero attached hydrogens (tertiary/aromatic N) is 2. The lowest BCUT2D eigenvalue weighted by Gasteiger charge is -2.20. The summed E-state index contributed by atoms with van der Waals surface area (Å²) in [6.45, 7) is 0. The molecule has 2 nitrogen and oxygen atoms in total. The highest BCUT2D eigenvalue weighted by molar-refractivity contribution is 6.00. The summed E-state index contributed by atoms with van der Waals surface area (Å²) in [7, 11) is 0. The van der Waals surface area contributed by atoms with Crippen molar-refractivity contribution in [2.24, 2.45) is 0 Å². The van der Waals surface area contributed by atoms with Crippen LogP contribution in [0.5, 0.6) is 0 Å². The first-order valence-electron chi connectivity index (χ1n) is 12.3. The van der Waals surface area contributed by atoms with Gasteiger partial charge >= 0.3 is 12.4 Å². The van der Waals surface area contributed by atoms with Crippen LogP contribution in [0.4, 0.5) is 26.3 Å².